The van der Waals surface area contributed by atoms with E-state index in [0.29, 0.717) is 36.1 Å². The minimum atomic E-state index is -3.39. The number of aromatic nitrogens is 2. The number of methoxy groups -OCH3 is 1. The van der Waals surface area contributed by atoms with Crippen molar-refractivity contribution in [3.8, 4) is 17.1 Å². The van der Waals surface area contributed by atoms with Crippen LogP contribution in [0.15, 0.2) is 57.9 Å². The molecule has 1 aliphatic rings. The first-order valence-electron chi connectivity index (χ1n) is 9.37. The molecule has 2 aromatic carbocycles. The normalized spacial score (nSPS) is 14.8. The molecule has 0 aliphatic carbocycles. The van der Waals surface area contributed by atoms with E-state index in [1.54, 1.807) is 35.7 Å². The maximum absolute atomic E-state index is 12.6. The van der Waals surface area contributed by atoms with Gasteiger partial charge in [-0.05, 0) is 42.7 Å². The zero-order valence-electron chi connectivity index (χ0n) is 16.0. The molecule has 0 saturated carbocycles. The standard InChI is InChI=1S/C20H22N4O4S/c1-27-17-6-4-5-16(13-17)19-22-20(28-23-19)21-14-15-7-9-18(10-8-15)29(25,26)24-11-2-3-12-24/h4-10,13H,2-3,11-12,14H2,1H3,(H,21,22,23). The second-order valence-electron chi connectivity index (χ2n) is 6.76. The summed E-state index contributed by atoms with van der Waals surface area (Å²) in [6, 6.07) is 14.5. The van der Waals surface area contributed by atoms with E-state index in [0.717, 1.165) is 24.0 Å². The SMILES string of the molecule is COc1cccc(-c2noc(NCc3ccc(S(=O)(=O)N4CCCC4)cc3)n2)c1. The topological polar surface area (TPSA) is 97.6 Å². The molecule has 152 valence electrons. The molecule has 4 rings (SSSR count). The van der Waals surface area contributed by atoms with Crippen LogP contribution in [0.1, 0.15) is 18.4 Å². The van der Waals surface area contributed by atoms with Crippen molar-refractivity contribution in [2.75, 3.05) is 25.5 Å². The first-order valence-corrected chi connectivity index (χ1v) is 10.8. The quantitative estimate of drug-likeness (QED) is 0.634. The summed E-state index contributed by atoms with van der Waals surface area (Å²) < 4.78 is 37.1. The minimum absolute atomic E-state index is 0.289. The first kappa shape index (κ1) is 19.4. The summed E-state index contributed by atoms with van der Waals surface area (Å²) in [5.74, 6) is 1.17. The van der Waals surface area contributed by atoms with Gasteiger partial charge in [0, 0.05) is 25.2 Å². The molecular weight excluding hydrogens is 392 g/mol. The van der Waals surface area contributed by atoms with Crippen LogP contribution in [0.5, 0.6) is 5.75 Å². The Bertz CT molecular complexity index is 1070. The van der Waals surface area contributed by atoms with Crippen molar-refractivity contribution in [2.24, 2.45) is 0 Å². The van der Waals surface area contributed by atoms with Crippen LogP contribution < -0.4 is 10.1 Å². The van der Waals surface area contributed by atoms with E-state index in [2.05, 4.69) is 15.5 Å². The summed E-state index contributed by atoms with van der Waals surface area (Å²) in [6.07, 6.45) is 1.84. The molecule has 9 heteroatoms. The Hall–Kier alpha value is -2.91. The number of sulfonamides is 1. The lowest BCUT2D eigenvalue weighted by atomic mass is 10.2. The summed E-state index contributed by atoms with van der Waals surface area (Å²) >= 11 is 0. The average Bonchev–Trinajstić information content (AvgIpc) is 3.45. The third kappa shape index (κ3) is 4.25. The molecular formula is C20H22N4O4S. The van der Waals surface area contributed by atoms with Gasteiger partial charge in [-0.1, -0.05) is 29.4 Å². The predicted octanol–water partition coefficient (Wildman–Crippen LogP) is 3.14. The highest BCUT2D eigenvalue weighted by Crippen LogP contribution is 2.23. The van der Waals surface area contributed by atoms with Gasteiger partial charge in [-0.2, -0.15) is 9.29 Å². The van der Waals surface area contributed by atoms with E-state index in [4.69, 9.17) is 9.26 Å². The van der Waals surface area contributed by atoms with Gasteiger partial charge in [0.15, 0.2) is 0 Å². The minimum Gasteiger partial charge on any atom is -0.497 e. The molecule has 3 aromatic rings. The lowest BCUT2D eigenvalue weighted by Crippen LogP contribution is -2.27. The Kier molecular flexibility index (Phi) is 5.50. The highest BCUT2D eigenvalue weighted by atomic mass is 32.2. The number of nitrogens with one attached hydrogen (secondary N) is 1. The number of ether oxygens (including phenoxy) is 1. The van der Waals surface area contributed by atoms with Gasteiger partial charge in [0.05, 0.1) is 12.0 Å². The molecule has 2 heterocycles. The molecule has 29 heavy (non-hydrogen) atoms. The van der Waals surface area contributed by atoms with E-state index >= 15 is 0 Å². The number of hydrogen-bond donors (Lipinski definition) is 1. The van der Waals surface area contributed by atoms with Crippen molar-refractivity contribution in [1.29, 1.82) is 0 Å². The van der Waals surface area contributed by atoms with Crippen LogP contribution in [-0.2, 0) is 16.6 Å². The Labute approximate surface area is 169 Å². The van der Waals surface area contributed by atoms with Gasteiger partial charge < -0.3 is 14.6 Å². The van der Waals surface area contributed by atoms with Gasteiger partial charge in [0.25, 0.3) is 0 Å². The molecule has 1 aromatic heterocycles. The van der Waals surface area contributed by atoms with Crippen LogP contribution in [0.2, 0.25) is 0 Å². The summed E-state index contributed by atoms with van der Waals surface area (Å²) in [4.78, 5) is 4.65. The number of anilines is 1. The van der Waals surface area contributed by atoms with Gasteiger partial charge in [0.1, 0.15) is 5.75 Å². The third-order valence-corrected chi connectivity index (χ3v) is 6.74. The van der Waals surface area contributed by atoms with Gasteiger partial charge in [-0.25, -0.2) is 8.42 Å². The number of hydrogen-bond acceptors (Lipinski definition) is 7. The van der Waals surface area contributed by atoms with Crippen molar-refractivity contribution in [1.82, 2.24) is 14.4 Å². The molecule has 8 nitrogen and oxygen atoms in total. The molecule has 0 atom stereocenters. The van der Waals surface area contributed by atoms with E-state index in [-0.39, 0.29) is 6.01 Å². The van der Waals surface area contributed by atoms with Crippen LogP contribution >= 0.6 is 0 Å². The molecule has 1 fully saturated rings. The lowest BCUT2D eigenvalue weighted by molar-refractivity contribution is 0.414. The summed E-state index contributed by atoms with van der Waals surface area (Å²) in [5.41, 5.74) is 1.70. The smallest absolute Gasteiger partial charge is 0.322 e. The predicted molar refractivity (Wildman–Crippen MR) is 108 cm³/mol. The zero-order chi connectivity index (χ0) is 20.3. The monoisotopic (exact) mass is 414 g/mol. The van der Waals surface area contributed by atoms with Crippen molar-refractivity contribution in [2.45, 2.75) is 24.3 Å². The molecule has 0 bridgehead atoms. The molecule has 0 spiro atoms. The van der Waals surface area contributed by atoms with Crippen LogP contribution in [0, 0.1) is 0 Å². The molecule has 1 N–H and O–H groups in total. The summed E-state index contributed by atoms with van der Waals surface area (Å²) in [7, 11) is -1.79. The molecule has 1 saturated heterocycles. The fourth-order valence-corrected chi connectivity index (χ4v) is 4.73. The lowest BCUT2D eigenvalue weighted by Gasteiger charge is -2.15. The van der Waals surface area contributed by atoms with E-state index in [1.807, 2.05) is 24.3 Å². The Morgan fingerprint density at radius 3 is 2.62 bits per heavy atom. The van der Waals surface area contributed by atoms with Gasteiger partial charge in [0.2, 0.25) is 15.8 Å². The Morgan fingerprint density at radius 1 is 1.14 bits per heavy atom. The van der Waals surface area contributed by atoms with E-state index in [1.165, 1.54) is 0 Å². The summed E-state index contributed by atoms with van der Waals surface area (Å²) in [5, 5.41) is 7.04. The number of rotatable bonds is 7. The Balaban J connectivity index is 1.40. The molecule has 0 amide bonds. The maximum Gasteiger partial charge on any atom is 0.322 e. The van der Waals surface area contributed by atoms with Crippen molar-refractivity contribution in [3.63, 3.8) is 0 Å². The van der Waals surface area contributed by atoms with Crippen LogP contribution in [0.4, 0.5) is 6.01 Å². The summed E-state index contributed by atoms with van der Waals surface area (Å²) in [6.45, 7) is 1.63. The molecule has 1 aliphatic heterocycles. The number of benzene rings is 2. The average molecular weight is 414 g/mol. The largest absolute Gasteiger partial charge is 0.497 e. The van der Waals surface area contributed by atoms with Crippen LogP contribution in [0.25, 0.3) is 11.4 Å². The van der Waals surface area contributed by atoms with Gasteiger partial charge in [-0.3, -0.25) is 0 Å². The van der Waals surface area contributed by atoms with E-state index < -0.39 is 10.0 Å². The van der Waals surface area contributed by atoms with E-state index in [9.17, 15) is 8.42 Å². The maximum atomic E-state index is 12.6. The molecule has 0 radical (unpaired) electrons. The third-order valence-electron chi connectivity index (χ3n) is 4.82. The van der Waals surface area contributed by atoms with Crippen molar-refractivity contribution in [3.05, 3.63) is 54.1 Å². The fourth-order valence-electron chi connectivity index (χ4n) is 3.21. The van der Waals surface area contributed by atoms with Gasteiger partial charge >= 0.3 is 6.01 Å². The highest BCUT2D eigenvalue weighted by Gasteiger charge is 2.26. The molecule has 0 unspecified atom stereocenters. The second-order valence-corrected chi connectivity index (χ2v) is 8.70. The first-order chi connectivity index (χ1) is 14.1. The Morgan fingerprint density at radius 2 is 1.90 bits per heavy atom. The van der Waals surface area contributed by atoms with Crippen molar-refractivity contribution >= 4 is 16.0 Å². The number of nitrogens with zero attached hydrogens (tertiary/aromatic N) is 3. The second kappa shape index (κ2) is 8.22. The fraction of sp³-hybridized carbons (Fsp3) is 0.300. The van der Waals surface area contributed by atoms with Gasteiger partial charge in [-0.15, -0.1) is 0 Å². The van der Waals surface area contributed by atoms with Crippen molar-refractivity contribution < 1.29 is 17.7 Å². The highest BCUT2D eigenvalue weighted by molar-refractivity contribution is 7.89. The van der Waals surface area contributed by atoms with Crippen LogP contribution in [0.3, 0.4) is 0 Å². The van der Waals surface area contributed by atoms with Crippen LogP contribution in [-0.4, -0.2) is 43.1 Å². The zero-order valence-corrected chi connectivity index (χ0v) is 16.9.